The van der Waals surface area contributed by atoms with Crippen molar-refractivity contribution in [1.29, 1.82) is 0 Å². The Hall–Kier alpha value is -3.02. The van der Waals surface area contributed by atoms with Gasteiger partial charge in [0.2, 0.25) is 0 Å². The third-order valence-corrected chi connectivity index (χ3v) is 8.55. The highest BCUT2D eigenvalue weighted by Gasteiger charge is 2.65. The van der Waals surface area contributed by atoms with Gasteiger partial charge >= 0.3 is 6.09 Å². The number of aromatic nitrogens is 1. The van der Waals surface area contributed by atoms with E-state index in [1.54, 1.807) is 12.3 Å². The van der Waals surface area contributed by atoms with Gasteiger partial charge in [0.25, 0.3) is 0 Å². The standard InChI is InChI=1S/C26H26N2O4/c29-20-7-5-16-13-15-9-10-26-18(15)6-8-21(24(26)32-23(20)22(16)26)31-25(30)28-12-2-4-19(28)17-3-1-11-27-14-17/h1,3,5-8,11,14-15,18-19,21,24,29H,2,4,9-10,12-13H2/t15-,18+,19-,21+,24+,26?/m1/s1. The van der Waals surface area contributed by atoms with Gasteiger partial charge in [-0.05, 0) is 73.3 Å². The molecule has 0 radical (unpaired) electrons. The summed E-state index contributed by atoms with van der Waals surface area (Å²) in [7, 11) is 0. The van der Waals surface area contributed by atoms with E-state index in [0.717, 1.165) is 37.7 Å². The van der Waals surface area contributed by atoms with Gasteiger partial charge in [-0.25, -0.2) is 4.79 Å². The number of likely N-dealkylation sites (tertiary alicyclic amines) is 1. The van der Waals surface area contributed by atoms with Crippen molar-refractivity contribution in [3.8, 4) is 11.5 Å². The summed E-state index contributed by atoms with van der Waals surface area (Å²) in [5.74, 6) is 1.77. The number of hydrogen-bond acceptors (Lipinski definition) is 5. The number of nitrogens with zero attached hydrogens (tertiary/aromatic N) is 2. The number of aromatic hydroxyl groups is 1. The molecule has 1 aromatic carbocycles. The van der Waals surface area contributed by atoms with Gasteiger partial charge in [0.05, 0.1) is 6.04 Å². The van der Waals surface area contributed by atoms with Crippen LogP contribution in [-0.2, 0) is 16.6 Å². The number of phenolic OH excluding ortho intramolecular Hbond substituents is 1. The SMILES string of the molecule is O=C(O[C@H]1C=C[C@H]2[C@@H]3CCC24c2c(ccc(O)c2O[C@@H]14)C3)N1CCC[C@@H]1c1cccnc1. The van der Waals surface area contributed by atoms with Crippen LogP contribution in [0.2, 0.25) is 0 Å². The zero-order valence-electron chi connectivity index (χ0n) is 17.8. The van der Waals surface area contributed by atoms with Crippen LogP contribution in [-0.4, -0.2) is 39.8 Å². The first-order chi connectivity index (χ1) is 15.7. The lowest BCUT2D eigenvalue weighted by molar-refractivity contribution is -0.0157. The van der Waals surface area contributed by atoms with Crippen LogP contribution in [0.5, 0.6) is 11.5 Å². The predicted molar refractivity (Wildman–Crippen MR) is 116 cm³/mol. The lowest BCUT2D eigenvalue weighted by Crippen LogP contribution is -2.54. The number of phenols is 1. The number of carbonyl (C=O) groups excluding carboxylic acids is 1. The van der Waals surface area contributed by atoms with Crippen LogP contribution in [0.1, 0.15) is 48.4 Å². The van der Waals surface area contributed by atoms with E-state index in [9.17, 15) is 9.90 Å². The summed E-state index contributed by atoms with van der Waals surface area (Å²) in [6, 6.07) is 7.73. The summed E-state index contributed by atoms with van der Waals surface area (Å²) in [5, 5.41) is 10.6. The molecule has 164 valence electrons. The van der Waals surface area contributed by atoms with Gasteiger partial charge in [0.1, 0.15) is 6.10 Å². The summed E-state index contributed by atoms with van der Waals surface area (Å²) in [5.41, 5.74) is 3.31. The zero-order valence-corrected chi connectivity index (χ0v) is 17.8. The lowest BCUT2D eigenvalue weighted by Gasteiger charge is -2.45. The number of allylic oxidation sites excluding steroid dienone is 1. The number of pyridine rings is 1. The van der Waals surface area contributed by atoms with Gasteiger partial charge in [0, 0.05) is 29.9 Å². The van der Waals surface area contributed by atoms with Crippen LogP contribution in [0, 0.1) is 11.8 Å². The molecule has 1 aromatic heterocycles. The highest BCUT2D eigenvalue weighted by atomic mass is 16.6. The van der Waals surface area contributed by atoms with E-state index in [4.69, 9.17) is 9.47 Å². The van der Waals surface area contributed by atoms with Crippen LogP contribution < -0.4 is 4.74 Å². The molecule has 3 aliphatic carbocycles. The fourth-order valence-corrected chi connectivity index (χ4v) is 7.32. The smallest absolute Gasteiger partial charge is 0.411 e. The summed E-state index contributed by atoms with van der Waals surface area (Å²) in [6.07, 6.45) is 11.9. The number of hydrogen-bond donors (Lipinski definition) is 1. The van der Waals surface area contributed by atoms with Crippen molar-refractivity contribution in [1.82, 2.24) is 9.88 Å². The van der Waals surface area contributed by atoms with E-state index in [1.165, 1.54) is 11.1 Å². The van der Waals surface area contributed by atoms with Crippen LogP contribution in [0.3, 0.4) is 0 Å². The second kappa shape index (κ2) is 6.50. The maximum Gasteiger partial charge on any atom is 0.411 e. The van der Waals surface area contributed by atoms with Gasteiger partial charge in [-0.15, -0.1) is 0 Å². The normalized spacial score (nSPS) is 35.5. The molecule has 6 nitrogen and oxygen atoms in total. The van der Waals surface area contributed by atoms with Crippen LogP contribution in [0.15, 0.2) is 48.8 Å². The third kappa shape index (κ3) is 2.30. The minimum absolute atomic E-state index is 0.00226. The van der Waals surface area contributed by atoms with E-state index in [0.29, 0.717) is 24.1 Å². The van der Waals surface area contributed by atoms with Gasteiger partial charge in [-0.1, -0.05) is 18.2 Å². The van der Waals surface area contributed by atoms with Crippen molar-refractivity contribution in [3.63, 3.8) is 0 Å². The maximum absolute atomic E-state index is 13.3. The molecule has 2 fully saturated rings. The molecule has 2 bridgehead atoms. The van der Waals surface area contributed by atoms with Crippen LogP contribution >= 0.6 is 0 Å². The Morgan fingerprint density at radius 1 is 1.25 bits per heavy atom. The predicted octanol–water partition coefficient (Wildman–Crippen LogP) is 4.28. The number of ether oxygens (including phenoxy) is 2. The molecule has 2 aromatic rings. The first-order valence-electron chi connectivity index (χ1n) is 11.7. The molecular formula is C26H26N2O4. The molecular weight excluding hydrogens is 404 g/mol. The van der Waals surface area contributed by atoms with Gasteiger partial charge in [-0.3, -0.25) is 4.98 Å². The van der Waals surface area contributed by atoms with Crippen molar-refractivity contribution in [2.24, 2.45) is 11.8 Å². The minimum atomic E-state index is -0.467. The van der Waals surface area contributed by atoms with Crippen molar-refractivity contribution >= 4 is 6.09 Å². The molecule has 2 aliphatic heterocycles. The third-order valence-electron chi connectivity index (χ3n) is 8.55. The van der Waals surface area contributed by atoms with E-state index in [-0.39, 0.29) is 29.4 Å². The average molecular weight is 431 g/mol. The van der Waals surface area contributed by atoms with Gasteiger partial charge in [-0.2, -0.15) is 0 Å². The van der Waals surface area contributed by atoms with Crippen molar-refractivity contribution < 1.29 is 19.4 Å². The molecule has 6 atom stereocenters. The first kappa shape index (κ1) is 18.5. The molecule has 1 spiro atoms. The van der Waals surface area contributed by atoms with E-state index in [2.05, 4.69) is 17.1 Å². The van der Waals surface area contributed by atoms with Crippen molar-refractivity contribution in [2.45, 2.75) is 55.8 Å². The summed E-state index contributed by atoms with van der Waals surface area (Å²) >= 11 is 0. The van der Waals surface area contributed by atoms with Crippen LogP contribution in [0.4, 0.5) is 4.79 Å². The minimum Gasteiger partial charge on any atom is -0.504 e. The van der Waals surface area contributed by atoms with E-state index in [1.807, 2.05) is 29.3 Å². The van der Waals surface area contributed by atoms with Crippen molar-refractivity contribution in [3.05, 3.63) is 65.5 Å². The van der Waals surface area contributed by atoms with Gasteiger partial charge < -0.3 is 19.5 Å². The number of benzene rings is 1. The van der Waals surface area contributed by atoms with E-state index >= 15 is 0 Å². The summed E-state index contributed by atoms with van der Waals surface area (Å²) < 4.78 is 12.6. The van der Waals surface area contributed by atoms with E-state index < -0.39 is 6.10 Å². The topological polar surface area (TPSA) is 71.9 Å². The second-order valence-electron chi connectivity index (χ2n) is 9.93. The molecule has 1 amide bonds. The average Bonchev–Trinajstić information content (AvgIpc) is 3.50. The van der Waals surface area contributed by atoms with Crippen molar-refractivity contribution in [2.75, 3.05) is 6.54 Å². The lowest BCUT2D eigenvalue weighted by atomic mass is 9.59. The molecule has 1 unspecified atom stereocenters. The zero-order chi connectivity index (χ0) is 21.4. The maximum atomic E-state index is 13.3. The Balaban J connectivity index is 1.21. The highest BCUT2D eigenvalue weighted by molar-refractivity contribution is 5.70. The molecule has 7 rings (SSSR count). The Kier molecular flexibility index (Phi) is 3.77. The number of amides is 1. The largest absolute Gasteiger partial charge is 0.504 e. The Morgan fingerprint density at radius 3 is 3.06 bits per heavy atom. The second-order valence-corrected chi connectivity index (χ2v) is 9.93. The van der Waals surface area contributed by atoms with Gasteiger partial charge in [0.15, 0.2) is 17.6 Å². The fraction of sp³-hybridized carbons (Fsp3) is 0.462. The molecule has 1 saturated heterocycles. The molecule has 1 saturated carbocycles. The number of carbonyl (C=O) groups is 1. The Morgan fingerprint density at radius 2 is 2.19 bits per heavy atom. The summed E-state index contributed by atoms with van der Waals surface area (Å²) in [6.45, 7) is 0.682. The fourth-order valence-electron chi connectivity index (χ4n) is 7.32. The molecule has 32 heavy (non-hydrogen) atoms. The number of rotatable bonds is 2. The Labute approximate surface area is 186 Å². The molecule has 3 heterocycles. The highest BCUT2D eigenvalue weighted by Crippen LogP contribution is 2.66. The quantitative estimate of drug-likeness (QED) is 0.720. The molecule has 6 heteroatoms. The first-order valence-corrected chi connectivity index (χ1v) is 11.7. The molecule has 1 N–H and O–H groups in total. The van der Waals surface area contributed by atoms with Crippen LogP contribution in [0.25, 0.3) is 0 Å². The summed E-state index contributed by atoms with van der Waals surface area (Å²) in [4.78, 5) is 19.4. The Bertz CT molecular complexity index is 1130. The monoisotopic (exact) mass is 430 g/mol. The molecule has 5 aliphatic rings.